The van der Waals surface area contributed by atoms with E-state index in [-0.39, 0.29) is 17.7 Å². The Kier molecular flexibility index (Phi) is 8.54. The van der Waals surface area contributed by atoms with Crippen LogP contribution in [0.2, 0.25) is 0 Å². The molecule has 0 radical (unpaired) electrons. The lowest BCUT2D eigenvalue weighted by atomic mass is 9.83. The number of aromatic nitrogens is 4. The number of imidazole rings is 1. The van der Waals surface area contributed by atoms with Crippen molar-refractivity contribution < 1.29 is 14.6 Å². The second kappa shape index (κ2) is 12.1. The monoisotopic (exact) mass is 540 g/mol. The van der Waals surface area contributed by atoms with E-state index in [0.29, 0.717) is 42.4 Å². The fourth-order valence-corrected chi connectivity index (χ4v) is 6.17. The summed E-state index contributed by atoms with van der Waals surface area (Å²) in [5.41, 5.74) is 7.42. The Hall–Kier alpha value is -2.95. The van der Waals surface area contributed by atoms with E-state index in [4.69, 9.17) is 20.4 Å². The van der Waals surface area contributed by atoms with Crippen molar-refractivity contribution in [2.75, 3.05) is 36.5 Å². The molecule has 11 nitrogen and oxygen atoms in total. The number of rotatable bonds is 9. The molecule has 214 valence electrons. The number of nitrogens with zero attached hydrogens (tertiary/aromatic N) is 6. The number of anilines is 2. The highest BCUT2D eigenvalue weighted by Gasteiger charge is 2.32. The Morgan fingerprint density at radius 3 is 2.59 bits per heavy atom. The van der Waals surface area contributed by atoms with Crippen LogP contribution in [0.4, 0.5) is 16.6 Å². The highest BCUT2D eigenvalue weighted by atomic mass is 16.5. The summed E-state index contributed by atoms with van der Waals surface area (Å²) < 4.78 is 8.22. The van der Waals surface area contributed by atoms with Gasteiger partial charge in [-0.05, 0) is 55.8 Å². The lowest BCUT2D eigenvalue weighted by Crippen LogP contribution is -2.47. The van der Waals surface area contributed by atoms with E-state index < -0.39 is 6.09 Å². The average molecular weight is 541 g/mol. The molecular weight excluding hydrogens is 496 g/mol. The van der Waals surface area contributed by atoms with E-state index >= 15 is 0 Å². The maximum Gasteiger partial charge on any atom is 0.433 e. The number of ether oxygens (including phenoxy) is 1. The molecule has 5 rings (SSSR count). The molecule has 0 spiro atoms. The van der Waals surface area contributed by atoms with Gasteiger partial charge in [0.05, 0.1) is 19.3 Å². The molecule has 1 atom stereocenters. The summed E-state index contributed by atoms with van der Waals surface area (Å²) in [7, 11) is 0. The smallest absolute Gasteiger partial charge is 0.433 e. The molecule has 2 aliphatic carbocycles. The second-order valence-corrected chi connectivity index (χ2v) is 12.2. The maximum atomic E-state index is 11.2. The second-order valence-electron chi connectivity index (χ2n) is 12.2. The minimum absolute atomic E-state index is 0.0874. The minimum Gasteiger partial charge on any atom is -0.463 e. The molecule has 2 aromatic heterocycles. The topological polar surface area (TPSA) is 144 Å². The fourth-order valence-electron chi connectivity index (χ4n) is 6.17. The van der Waals surface area contributed by atoms with Gasteiger partial charge in [0.1, 0.15) is 5.52 Å². The van der Waals surface area contributed by atoms with Gasteiger partial charge in [-0.25, -0.2) is 14.8 Å². The zero-order chi connectivity index (χ0) is 27.5. The number of nitrogens with one attached hydrogen (secondary N) is 1. The summed E-state index contributed by atoms with van der Waals surface area (Å²) >= 11 is 0. The van der Waals surface area contributed by atoms with Crippen molar-refractivity contribution in [3.05, 3.63) is 5.82 Å². The average Bonchev–Trinajstić information content (AvgIpc) is 3.22. The summed E-state index contributed by atoms with van der Waals surface area (Å²) in [4.78, 5) is 31.6. The van der Waals surface area contributed by atoms with E-state index in [1.165, 1.54) is 44.9 Å². The standard InChI is InChI=1S/C28H44N8O3/c1-17(2)13-21-16-39-12-11-35(21)27-34-25-22(36(27)15-20-9-7-18(3)8-10-20)24(30-14-19-5-4-6-19)32-26(33-25)23(29)31-28(37)38/h17-21H,4-16H2,1-3H3,(H2,29,31)(H,37,38)(H,30,32,33). The van der Waals surface area contributed by atoms with Crippen molar-refractivity contribution in [3.63, 3.8) is 0 Å². The predicted octanol–water partition coefficient (Wildman–Crippen LogP) is 4.50. The molecule has 2 aromatic rings. The molecule has 4 N–H and O–H groups in total. The van der Waals surface area contributed by atoms with Gasteiger partial charge in [-0.2, -0.15) is 9.98 Å². The van der Waals surface area contributed by atoms with Crippen molar-refractivity contribution >= 4 is 34.9 Å². The molecule has 1 unspecified atom stereocenters. The molecule has 0 bridgehead atoms. The van der Waals surface area contributed by atoms with E-state index in [2.05, 4.69) is 45.5 Å². The number of amidine groups is 1. The van der Waals surface area contributed by atoms with Crippen LogP contribution >= 0.6 is 0 Å². The van der Waals surface area contributed by atoms with E-state index in [0.717, 1.165) is 43.4 Å². The molecule has 3 fully saturated rings. The minimum atomic E-state index is -1.37. The normalized spacial score (nSPS) is 24.8. The number of fused-ring (bicyclic) bond motifs is 1. The van der Waals surface area contributed by atoms with Gasteiger partial charge < -0.3 is 30.4 Å². The number of carboxylic acid groups (broad SMARTS) is 1. The molecular formula is C28H44N8O3. The van der Waals surface area contributed by atoms with Gasteiger partial charge >= 0.3 is 6.09 Å². The fraction of sp³-hybridized carbons (Fsp3) is 0.750. The van der Waals surface area contributed by atoms with Crippen LogP contribution in [0.3, 0.4) is 0 Å². The molecule has 2 saturated carbocycles. The first-order valence-corrected chi connectivity index (χ1v) is 14.7. The summed E-state index contributed by atoms with van der Waals surface area (Å²) in [5, 5.41) is 12.8. The Bertz CT molecular complexity index is 1180. The van der Waals surface area contributed by atoms with Gasteiger partial charge in [0.25, 0.3) is 0 Å². The highest BCUT2D eigenvalue weighted by molar-refractivity contribution is 6.01. The largest absolute Gasteiger partial charge is 0.463 e. The number of morpholine rings is 1. The first kappa shape index (κ1) is 27.6. The van der Waals surface area contributed by atoms with Crippen molar-refractivity contribution in [1.82, 2.24) is 19.5 Å². The number of hydrogen-bond donors (Lipinski definition) is 3. The van der Waals surface area contributed by atoms with Crippen LogP contribution in [0.1, 0.15) is 78.0 Å². The van der Waals surface area contributed by atoms with Crippen molar-refractivity contribution in [2.24, 2.45) is 34.4 Å². The lowest BCUT2D eigenvalue weighted by molar-refractivity contribution is 0.0863. The third kappa shape index (κ3) is 6.45. The predicted molar refractivity (Wildman–Crippen MR) is 152 cm³/mol. The maximum absolute atomic E-state index is 11.2. The molecule has 39 heavy (non-hydrogen) atoms. The summed E-state index contributed by atoms with van der Waals surface area (Å²) in [6.45, 7) is 10.6. The van der Waals surface area contributed by atoms with E-state index in [1.807, 2.05) is 0 Å². The Morgan fingerprint density at radius 1 is 1.15 bits per heavy atom. The van der Waals surface area contributed by atoms with Crippen LogP contribution in [0, 0.1) is 23.7 Å². The molecule has 1 aliphatic heterocycles. The Labute approximate surface area is 230 Å². The lowest BCUT2D eigenvalue weighted by Gasteiger charge is -2.38. The molecule has 1 amide bonds. The number of hydrogen-bond acceptors (Lipinski definition) is 7. The van der Waals surface area contributed by atoms with Crippen LogP contribution in [0.25, 0.3) is 11.2 Å². The quantitative estimate of drug-likeness (QED) is 0.309. The van der Waals surface area contributed by atoms with Gasteiger partial charge in [0, 0.05) is 19.6 Å². The van der Waals surface area contributed by atoms with Crippen LogP contribution in [-0.2, 0) is 11.3 Å². The summed E-state index contributed by atoms with van der Waals surface area (Å²) in [5.74, 6) is 3.87. The zero-order valence-electron chi connectivity index (χ0n) is 23.6. The highest BCUT2D eigenvalue weighted by Crippen LogP contribution is 2.35. The number of nitrogens with two attached hydrogens (primary N) is 1. The van der Waals surface area contributed by atoms with Gasteiger partial charge in [-0.1, -0.05) is 40.0 Å². The van der Waals surface area contributed by atoms with Crippen LogP contribution in [0.5, 0.6) is 0 Å². The first-order chi connectivity index (χ1) is 18.8. The molecule has 0 aromatic carbocycles. The van der Waals surface area contributed by atoms with Crippen LogP contribution in [0.15, 0.2) is 4.99 Å². The van der Waals surface area contributed by atoms with Crippen molar-refractivity contribution in [3.8, 4) is 0 Å². The van der Waals surface area contributed by atoms with Crippen molar-refractivity contribution in [1.29, 1.82) is 0 Å². The zero-order valence-corrected chi connectivity index (χ0v) is 23.6. The molecule has 11 heteroatoms. The van der Waals surface area contributed by atoms with E-state index in [1.54, 1.807) is 0 Å². The first-order valence-electron chi connectivity index (χ1n) is 14.7. The third-order valence-electron chi connectivity index (χ3n) is 8.62. The van der Waals surface area contributed by atoms with Gasteiger partial charge in [0.15, 0.2) is 23.1 Å². The Balaban J connectivity index is 1.61. The van der Waals surface area contributed by atoms with Crippen LogP contribution in [-0.4, -0.2) is 68.9 Å². The van der Waals surface area contributed by atoms with Gasteiger partial charge in [-0.3, -0.25) is 0 Å². The third-order valence-corrected chi connectivity index (χ3v) is 8.62. The van der Waals surface area contributed by atoms with Crippen LogP contribution < -0.4 is 16.0 Å². The van der Waals surface area contributed by atoms with E-state index in [9.17, 15) is 9.90 Å². The number of carbonyl (C=O) groups is 1. The molecule has 3 heterocycles. The summed E-state index contributed by atoms with van der Waals surface area (Å²) in [6.07, 6.45) is 8.17. The number of aliphatic imine (C=N–C) groups is 1. The molecule has 1 saturated heterocycles. The SMILES string of the molecule is CC(C)CC1COCCN1c1nc2nc(C(N)=NC(=O)O)nc(NCC3CCC3)c2n1CC1CCC(C)CC1. The molecule has 3 aliphatic rings. The van der Waals surface area contributed by atoms with Crippen molar-refractivity contribution in [2.45, 2.75) is 84.7 Å². The number of amides is 1. The summed E-state index contributed by atoms with van der Waals surface area (Å²) in [6, 6.07) is 0.221. The van der Waals surface area contributed by atoms with Gasteiger partial charge in [0.2, 0.25) is 5.95 Å². The Morgan fingerprint density at radius 2 is 1.92 bits per heavy atom. The van der Waals surface area contributed by atoms with Gasteiger partial charge in [-0.15, -0.1) is 0 Å².